The largest absolute Gasteiger partial charge is 0.375 e. The lowest BCUT2D eigenvalue weighted by atomic mass is 9.64. The molecule has 1 spiro atoms. The summed E-state index contributed by atoms with van der Waals surface area (Å²) >= 11 is 6.56. The minimum absolute atomic E-state index is 0.00108. The number of hydrogen-bond acceptors (Lipinski definition) is 3. The number of amides is 2. The van der Waals surface area contributed by atoms with E-state index >= 15 is 0 Å². The Morgan fingerprint density at radius 2 is 1.91 bits per heavy atom. The van der Waals surface area contributed by atoms with Gasteiger partial charge >= 0.3 is 0 Å². The molecule has 2 amide bonds. The van der Waals surface area contributed by atoms with Gasteiger partial charge in [0.05, 0.1) is 18.1 Å². The molecule has 1 aromatic rings. The number of benzene rings is 1. The first kappa shape index (κ1) is 23.3. The highest BCUT2D eigenvalue weighted by Crippen LogP contribution is 2.49. The summed E-state index contributed by atoms with van der Waals surface area (Å²) < 4.78 is 6.12. The molecule has 0 bridgehead atoms. The second-order valence-electron chi connectivity index (χ2n) is 10.6. The number of likely N-dealkylation sites (tertiary alicyclic amines) is 2. The molecule has 0 saturated carbocycles. The number of hydrogen-bond donors (Lipinski definition) is 0. The minimum Gasteiger partial charge on any atom is -0.375 e. The van der Waals surface area contributed by atoms with Crippen LogP contribution in [0.25, 0.3) is 0 Å². The average Bonchev–Trinajstić information content (AvgIpc) is 2.76. The lowest BCUT2D eigenvalue weighted by Gasteiger charge is -2.60. The molecule has 0 aliphatic carbocycles. The Bertz CT molecular complexity index is 916. The van der Waals surface area contributed by atoms with Gasteiger partial charge in [-0.3, -0.25) is 9.59 Å². The van der Waals surface area contributed by atoms with Crippen molar-refractivity contribution in [2.24, 2.45) is 11.3 Å². The Hall–Kier alpha value is -1.85. The lowest BCUT2D eigenvalue weighted by molar-refractivity contribution is -0.168. The normalized spacial score (nSPS) is 34.2. The van der Waals surface area contributed by atoms with E-state index in [1.54, 1.807) is 0 Å². The van der Waals surface area contributed by atoms with Crippen molar-refractivity contribution in [3.8, 4) is 0 Å². The Kier molecular flexibility index (Phi) is 6.19. The van der Waals surface area contributed by atoms with Crippen molar-refractivity contribution in [3.63, 3.8) is 0 Å². The minimum atomic E-state index is -0.291. The number of halogens is 1. The second kappa shape index (κ2) is 8.49. The van der Waals surface area contributed by atoms with Gasteiger partial charge in [0.25, 0.3) is 0 Å². The maximum absolute atomic E-state index is 13.8. The average molecular weight is 459 g/mol. The Balaban J connectivity index is 1.51. The molecule has 3 fully saturated rings. The zero-order valence-corrected chi connectivity index (χ0v) is 20.4. The van der Waals surface area contributed by atoms with Gasteiger partial charge in [-0.2, -0.15) is 0 Å². The molecular weight excluding hydrogens is 424 g/mol. The SMILES string of the molecule is C=CC(=O)N1C[C@]2(CCN(C(=O)[C@H]3COC(C)(C)C[C@@H]3c3ccccc3Cl)[C@@H](C)C2)[C@@H]1C. The maximum atomic E-state index is 13.8. The molecule has 1 aromatic carbocycles. The van der Waals surface area contributed by atoms with Crippen molar-refractivity contribution in [1.82, 2.24) is 9.80 Å². The van der Waals surface area contributed by atoms with E-state index in [-0.39, 0.29) is 46.7 Å². The van der Waals surface area contributed by atoms with Crippen LogP contribution in [-0.2, 0) is 14.3 Å². The monoisotopic (exact) mass is 458 g/mol. The van der Waals surface area contributed by atoms with Gasteiger partial charge in [0.2, 0.25) is 11.8 Å². The van der Waals surface area contributed by atoms with Crippen molar-refractivity contribution in [3.05, 3.63) is 47.5 Å². The quantitative estimate of drug-likeness (QED) is 0.619. The predicted octanol–water partition coefficient (Wildman–Crippen LogP) is 4.65. The molecule has 0 radical (unpaired) electrons. The van der Waals surface area contributed by atoms with Crippen LogP contribution in [0, 0.1) is 11.3 Å². The van der Waals surface area contributed by atoms with Gasteiger partial charge in [0, 0.05) is 41.5 Å². The number of carbonyl (C=O) groups excluding carboxylic acids is 2. The van der Waals surface area contributed by atoms with Crippen LogP contribution in [0.4, 0.5) is 0 Å². The van der Waals surface area contributed by atoms with Crippen LogP contribution in [0.15, 0.2) is 36.9 Å². The molecule has 3 aliphatic rings. The summed E-state index contributed by atoms with van der Waals surface area (Å²) in [6.07, 6.45) is 3.98. The topological polar surface area (TPSA) is 49.9 Å². The highest BCUT2D eigenvalue weighted by molar-refractivity contribution is 6.31. The van der Waals surface area contributed by atoms with Crippen molar-refractivity contribution < 1.29 is 14.3 Å². The van der Waals surface area contributed by atoms with E-state index < -0.39 is 0 Å². The van der Waals surface area contributed by atoms with E-state index in [4.69, 9.17) is 16.3 Å². The van der Waals surface area contributed by atoms with E-state index in [1.165, 1.54) is 6.08 Å². The molecule has 0 unspecified atom stereocenters. The van der Waals surface area contributed by atoms with Gasteiger partial charge in [-0.25, -0.2) is 0 Å². The molecule has 32 heavy (non-hydrogen) atoms. The zero-order chi connectivity index (χ0) is 23.3. The molecular formula is C26H35ClN2O3. The number of carbonyl (C=O) groups is 2. The summed E-state index contributed by atoms with van der Waals surface area (Å²) in [5.41, 5.74) is 0.846. The smallest absolute Gasteiger partial charge is 0.246 e. The highest BCUT2D eigenvalue weighted by Gasteiger charge is 2.55. The molecule has 3 saturated heterocycles. The first-order valence-electron chi connectivity index (χ1n) is 11.7. The Morgan fingerprint density at radius 1 is 1.19 bits per heavy atom. The van der Waals surface area contributed by atoms with Gasteiger partial charge < -0.3 is 14.5 Å². The third-order valence-electron chi connectivity index (χ3n) is 8.14. The molecule has 3 aliphatic heterocycles. The molecule has 174 valence electrons. The highest BCUT2D eigenvalue weighted by atomic mass is 35.5. The molecule has 4 rings (SSSR count). The summed E-state index contributed by atoms with van der Waals surface area (Å²) in [5, 5.41) is 0.717. The number of rotatable bonds is 3. The predicted molar refractivity (Wildman–Crippen MR) is 127 cm³/mol. The fourth-order valence-electron chi connectivity index (χ4n) is 6.15. The van der Waals surface area contributed by atoms with E-state index in [0.29, 0.717) is 11.6 Å². The third-order valence-corrected chi connectivity index (χ3v) is 8.48. The van der Waals surface area contributed by atoms with Crippen LogP contribution in [0.2, 0.25) is 5.02 Å². The van der Waals surface area contributed by atoms with Gasteiger partial charge in [-0.05, 0) is 64.7 Å². The summed E-state index contributed by atoms with van der Waals surface area (Å²) in [5.74, 6) is -0.0407. The van der Waals surface area contributed by atoms with Crippen LogP contribution >= 0.6 is 11.6 Å². The maximum Gasteiger partial charge on any atom is 0.246 e. The summed E-state index contributed by atoms with van der Waals surface area (Å²) in [6, 6.07) is 8.18. The molecule has 0 aromatic heterocycles. The van der Waals surface area contributed by atoms with Crippen LogP contribution in [0.3, 0.4) is 0 Å². The molecule has 3 heterocycles. The van der Waals surface area contributed by atoms with Crippen LogP contribution in [0.5, 0.6) is 0 Å². The van der Waals surface area contributed by atoms with Crippen molar-refractivity contribution in [1.29, 1.82) is 0 Å². The van der Waals surface area contributed by atoms with Crippen LogP contribution < -0.4 is 0 Å². The molecule has 6 heteroatoms. The van der Waals surface area contributed by atoms with E-state index in [1.807, 2.05) is 34.1 Å². The molecule has 5 atom stereocenters. The first-order chi connectivity index (χ1) is 15.1. The van der Waals surface area contributed by atoms with E-state index in [0.717, 1.165) is 37.9 Å². The Morgan fingerprint density at radius 3 is 2.53 bits per heavy atom. The fourth-order valence-corrected chi connectivity index (χ4v) is 6.42. The zero-order valence-electron chi connectivity index (χ0n) is 19.6. The summed E-state index contributed by atoms with van der Waals surface area (Å²) in [4.78, 5) is 29.8. The fraction of sp³-hybridized carbons (Fsp3) is 0.615. The third kappa shape index (κ3) is 3.99. The van der Waals surface area contributed by atoms with Gasteiger partial charge in [-0.1, -0.05) is 36.4 Å². The number of piperidine rings is 1. The molecule has 0 N–H and O–H groups in total. The summed E-state index contributed by atoms with van der Waals surface area (Å²) in [7, 11) is 0. The number of ether oxygens (including phenoxy) is 1. The van der Waals surface area contributed by atoms with E-state index in [2.05, 4.69) is 34.3 Å². The van der Waals surface area contributed by atoms with Crippen LogP contribution in [0.1, 0.15) is 58.4 Å². The summed E-state index contributed by atoms with van der Waals surface area (Å²) in [6.45, 7) is 13.9. The second-order valence-corrected chi connectivity index (χ2v) is 11.0. The standard InChI is InChI=1S/C26H35ClN2O3/c1-6-23(30)29-16-26(18(29)3)11-12-28(17(2)13-26)24(31)21-15-32-25(4,5)14-20(21)19-9-7-8-10-22(19)27/h6-10,17-18,20-21H,1,11-16H2,2-5H3/t17-,18-,20+,21-,26+/m0/s1. The van der Waals surface area contributed by atoms with Gasteiger partial charge in [0.1, 0.15) is 0 Å². The molecule has 5 nitrogen and oxygen atoms in total. The van der Waals surface area contributed by atoms with Gasteiger partial charge in [0.15, 0.2) is 0 Å². The van der Waals surface area contributed by atoms with E-state index in [9.17, 15) is 9.59 Å². The van der Waals surface area contributed by atoms with Crippen molar-refractivity contribution in [2.75, 3.05) is 19.7 Å². The van der Waals surface area contributed by atoms with Crippen molar-refractivity contribution in [2.45, 2.75) is 70.6 Å². The first-order valence-corrected chi connectivity index (χ1v) is 12.1. The Labute approximate surface area is 196 Å². The lowest BCUT2D eigenvalue weighted by Crippen LogP contribution is -2.69. The number of nitrogens with zero attached hydrogens (tertiary/aromatic N) is 2. The van der Waals surface area contributed by atoms with Gasteiger partial charge in [-0.15, -0.1) is 0 Å². The van der Waals surface area contributed by atoms with Crippen LogP contribution in [-0.4, -0.2) is 59.0 Å². The van der Waals surface area contributed by atoms with Crippen molar-refractivity contribution >= 4 is 23.4 Å².